The smallest absolute Gasteiger partial charge is 0.133 e. The van der Waals surface area contributed by atoms with E-state index in [1.54, 1.807) is 0 Å². The number of hydrogen-bond acceptors (Lipinski definition) is 2. The fourth-order valence-electron chi connectivity index (χ4n) is 7.75. The summed E-state index contributed by atoms with van der Waals surface area (Å²) in [5, 5.41) is 9.54. The highest BCUT2D eigenvalue weighted by Gasteiger charge is 2.60. The number of carbonyl (C=O) groups excluding carboxylic acids is 1. The van der Waals surface area contributed by atoms with Gasteiger partial charge in [0.1, 0.15) is 5.78 Å². The predicted molar refractivity (Wildman–Crippen MR) is 96.4 cm³/mol. The van der Waals surface area contributed by atoms with Crippen molar-refractivity contribution in [2.24, 2.45) is 40.4 Å². The first-order valence-corrected chi connectivity index (χ1v) is 10.2. The second-order valence-electron chi connectivity index (χ2n) is 9.87. The molecule has 4 rings (SSSR count). The van der Waals surface area contributed by atoms with Crippen LogP contribution in [-0.2, 0) is 4.79 Å². The molecular weight excluding hydrogens is 296 g/mol. The van der Waals surface area contributed by atoms with Gasteiger partial charge in [0.15, 0.2) is 0 Å². The van der Waals surface area contributed by atoms with E-state index in [1.807, 2.05) is 6.92 Å². The molecule has 4 aliphatic carbocycles. The summed E-state index contributed by atoms with van der Waals surface area (Å²) in [6.45, 7) is 7.05. The molecule has 0 aliphatic heterocycles. The largest absolute Gasteiger partial charge is 0.392 e. The molecule has 0 bridgehead atoms. The van der Waals surface area contributed by atoms with E-state index < -0.39 is 0 Å². The van der Waals surface area contributed by atoms with Gasteiger partial charge in [0.25, 0.3) is 0 Å². The van der Waals surface area contributed by atoms with Gasteiger partial charge in [-0.2, -0.15) is 0 Å². The number of carbonyl (C=O) groups is 1. The first-order valence-electron chi connectivity index (χ1n) is 10.2. The lowest BCUT2D eigenvalue weighted by atomic mass is 9.45. The number of aliphatic hydroxyl groups is 1. The molecule has 3 fully saturated rings. The van der Waals surface area contributed by atoms with Crippen LogP contribution in [0.15, 0.2) is 11.6 Å². The van der Waals surface area contributed by atoms with E-state index in [2.05, 4.69) is 19.9 Å². The monoisotopic (exact) mass is 330 g/mol. The number of allylic oxidation sites excluding steroid dienone is 1. The van der Waals surface area contributed by atoms with E-state index >= 15 is 0 Å². The Morgan fingerprint density at radius 1 is 1.12 bits per heavy atom. The number of rotatable bonds is 2. The molecule has 0 amide bonds. The van der Waals surface area contributed by atoms with Crippen LogP contribution in [-0.4, -0.2) is 17.5 Å². The van der Waals surface area contributed by atoms with Crippen LogP contribution in [0.3, 0.4) is 0 Å². The average molecular weight is 331 g/mol. The molecule has 4 aliphatic rings. The van der Waals surface area contributed by atoms with Crippen molar-refractivity contribution in [1.82, 2.24) is 0 Å². The fraction of sp³-hybridized carbons (Fsp3) is 0.864. The second kappa shape index (κ2) is 5.69. The van der Waals surface area contributed by atoms with Crippen LogP contribution in [0.4, 0.5) is 0 Å². The highest BCUT2D eigenvalue weighted by molar-refractivity contribution is 5.79. The van der Waals surface area contributed by atoms with Crippen LogP contribution in [0.25, 0.3) is 0 Å². The third-order valence-corrected chi connectivity index (χ3v) is 9.10. The molecule has 0 heterocycles. The zero-order valence-corrected chi connectivity index (χ0v) is 15.7. The molecule has 1 unspecified atom stereocenters. The van der Waals surface area contributed by atoms with Crippen molar-refractivity contribution in [2.45, 2.75) is 72.1 Å². The number of Topliss-reactive ketones (excluding diaryl/α,β-unsaturated/α-hetero) is 1. The summed E-state index contributed by atoms with van der Waals surface area (Å²) in [7, 11) is 0. The molecule has 1 N–H and O–H groups in total. The molecule has 0 aromatic heterocycles. The Labute approximate surface area is 147 Å². The summed E-state index contributed by atoms with van der Waals surface area (Å²) in [4.78, 5) is 12.2. The predicted octanol–water partition coefficient (Wildman–Crippen LogP) is 4.76. The molecule has 7 atom stereocenters. The van der Waals surface area contributed by atoms with Gasteiger partial charge in [-0.05, 0) is 98.4 Å². The lowest BCUT2D eigenvalue weighted by molar-refractivity contribution is -0.131. The summed E-state index contributed by atoms with van der Waals surface area (Å²) in [6.07, 6.45) is 12.3. The second-order valence-corrected chi connectivity index (χ2v) is 9.87. The zero-order chi connectivity index (χ0) is 17.1. The minimum Gasteiger partial charge on any atom is -0.392 e. The molecule has 0 aromatic carbocycles. The van der Waals surface area contributed by atoms with Crippen molar-refractivity contribution in [2.75, 3.05) is 6.61 Å². The summed E-state index contributed by atoms with van der Waals surface area (Å²) < 4.78 is 0. The Hall–Kier alpha value is -0.630. The lowest BCUT2D eigenvalue weighted by Crippen LogP contribution is -2.53. The van der Waals surface area contributed by atoms with E-state index in [1.165, 1.54) is 37.7 Å². The standard InChI is InChI=1S/C22H34O2/c1-14(24)18-6-7-19-17-5-4-16-12-15(13-23)8-10-21(16,2)20(17)9-11-22(18,19)3/h8,16-20,23H,4-7,9-13H2,1-3H3/t16?,17-,18+,19-,20-,21-,22+/m0/s1. The van der Waals surface area contributed by atoms with Crippen LogP contribution in [0, 0.1) is 40.4 Å². The Morgan fingerprint density at radius 3 is 2.58 bits per heavy atom. The van der Waals surface area contributed by atoms with Gasteiger partial charge in [-0.1, -0.05) is 19.9 Å². The number of aliphatic hydroxyl groups excluding tert-OH is 1. The van der Waals surface area contributed by atoms with E-state index in [9.17, 15) is 9.90 Å². The molecule has 2 nitrogen and oxygen atoms in total. The maximum atomic E-state index is 12.2. The molecule has 0 spiro atoms. The first-order chi connectivity index (χ1) is 11.4. The Kier molecular flexibility index (Phi) is 3.99. The van der Waals surface area contributed by atoms with E-state index in [-0.39, 0.29) is 12.0 Å². The van der Waals surface area contributed by atoms with Crippen molar-refractivity contribution in [1.29, 1.82) is 0 Å². The maximum absolute atomic E-state index is 12.2. The Morgan fingerprint density at radius 2 is 1.88 bits per heavy atom. The Bertz CT molecular complexity index is 564. The molecular formula is C22H34O2. The van der Waals surface area contributed by atoms with Gasteiger partial charge < -0.3 is 5.11 Å². The zero-order valence-electron chi connectivity index (χ0n) is 15.7. The highest BCUT2D eigenvalue weighted by Crippen LogP contribution is 2.67. The Balaban J connectivity index is 1.62. The van der Waals surface area contributed by atoms with E-state index in [0.717, 1.165) is 42.9 Å². The van der Waals surface area contributed by atoms with Crippen LogP contribution in [0.1, 0.15) is 72.1 Å². The number of hydrogen-bond donors (Lipinski definition) is 1. The highest BCUT2D eigenvalue weighted by atomic mass is 16.3. The van der Waals surface area contributed by atoms with Crippen molar-refractivity contribution < 1.29 is 9.90 Å². The first kappa shape index (κ1) is 16.8. The minimum absolute atomic E-state index is 0.252. The number of ketones is 1. The third kappa shape index (κ3) is 2.21. The SMILES string of the molecule is CC(=O)[C@H]1CC[C@H]2[C@@H]3CCC4CC(CO)=CC[C@]4(C)[C@H]3CC[C@]12C. The molecule has 24 heavy (non-hydrogen) atoms. The van der Waals surface area contributed by atoms with Crippen LogP contribution in [0.5, 0.6) is 0 Å². The van der Waals surface area contributed by atoms with Crippen molar-refractivity contribution in [3.8, 4) is 0 Å². The molecule has 134 valence electrons. The summed E-state index contributed by atoms with van der Waals surface area (Å²) >= 11 is 0. The average Bonchev–Trinajstić information content (AvgIpc) is 2.91. The lowest BCUT2D eigenvalue weighted by Gasteiger charge is -2.60. The van der Waals surface area contributed by atoms with Gasteiger partial charge in [0.05, 0.1) is 6.61 Å². The maximum Gasteiger partial charge on any atom is 0.133 e. The molecule has 0 saturated heterocycles. The van der Waals surface area contributed by atoms with Gasteiger partial charge in [-0.15, -0.1) is 0 Å². The minimum atomic E-state index is 0.252. The summed E-state index contributed by atoms with van der Waals surface area (Å²) in [6, 6.07) is 0. The fourth-order valence-corrected chi connectivity index (χ4v) is 7.75. The normalized spacial score (nSPS) is 50.5. The summed E-state index contributed by atoms with van der Waals surface area (Å²) in [5.74, 6) is 3.95. The van der Waals surface area contributed by atoms with E-state index in [4.69, 9.17) is 0 Å². The van der Waals surface area contributed by atoms with Gasteiger partial charge in [0, 0.05) is 5.92 Å². The van der Waals surface area contributed by atoms with Crippen molar-refractivity contribution in [3.05, 3.63) is 11.6 Å². The summed E-state index contributed by atoms with van der Waals surface area (Å²) in [5.41, 5.74) is 1.97. The topological polar surface area (TPSA) is 37.3 Å². The number of fused-ring (bicyclic) bond motifs is 5. The quantitative estimate of drug-likeness (QED) is 0.741. The third-order valence-electron chi connectivity index (χ3n) is 9.10. The molecule has 3 saturated carbocycles. The van der Waals surface area contributed by atoms with Gasteiger partial charge >= 0.3 is 0 Å². The van der Waals surface area contributed by atoms with E-state index in [0.29, 0.717) is 17.1 Å². The molecule has 0 aromatic rings. The van der Waals surface area contributed by atoms with Crippen LogP contribution < -0.4 is 0 Å². The molecule has 0 radical (unpaired) electrons. The van der Waals surface area contributed by atoms with Crippen molar-refractivity contribution >= 4 is 5.78 Å². The van der Waals surface area contributed by atoms with Gasteiger partial charge in [-0.25, -0.2) is 0 Å². The van der Waals surface area contributed by atoms with Crippen molar-refractivity contribution in [3.63, 3.8) is 0 Å². The van der Waals surface area contributed by atoms with Gasteiger partial charge in [-0.3, -0.25) is 4.79 Å². The van der Waals surface area contributed by atoms with Gasteiger partial charge in [0.2, 0.25) is 0 Å². The van der Waals surface area contributed by atoms with Crippen LogP contribution in [0.2, 0.25) is 0 Å². The van der Waals surface area contributed by atoms with Crippen LogP contribution >= 0.6 is 0 Å². The molecule has 2 heteroatoms.